The van der Waals surface area contributed by atoms with Crippen molar-refractivity contribution >= 4 is 40.4 Å². The van der Waals surface area contributed by atoms with E-state index in [9.17, 15) is 4.79 Å². The van der Waals surface area contributed by atoms with Gasteiger partial charge in [0.15, 0.2) is 0 Å². The number of likely N-dealkylation sites (tertiary alicyclic amines) is 1. The number of aliphatic imine (C=N–C) groups is 1. The Morgan fingerprint density at radius 1 is 1.23 bits per heavy atom. The highest BCUT2D eigenvalue weighted by Crippen LogP contribution is 2.24. The van der Waals surface area contributed by atoms with Gasteiger partial charge in [-0.25, -0.2) is 9.97 Å². The van der Waals surface area contributed by atoms with Gasteiger partial charge in [0.25, 0.3) is 5.91 Å². The van der Waals surface area contributed by atoms with Crippen molar-refractivity contribution in [3.05, 3.63) is 54.0 Å². The smallest absolute Gasteiger partial charge is 0.270 e. The van der Waals surface area contributed by atoms with Crippen molar-refractivity contribution in [1.29, 1.82) is 0 Å². The molecule has 184 valence electrons. The molecular weight excluding hydrogens is 444 g/mol. The molecule has 1 amide bonds. The zero-order valence-electron chi connectivity index (χ0n) is 20.5. The van der Waals surface area contributed by atoms with Crippen LogP contribution in [0.4, 0.5) is 11.6 Å². The Morgan fingerprint density at radius 3 is 2.80 bits per heavy atom. The molecular formula is C26H32N6O3. The van der Waals surface area contributed by atoms with Crippen LogP contribution in [-0.2, 0) is 9.47 Å². The average molecular weight is 477 g/mol. The molecule has 1 saturated heterocycles. The van der Waals surface area contributed by atoms with Crippen molar-refractivity contribution in [2.45, 2.75) is 32.8 Å². The normalized spacial score (nSPS) is 15.3. The maximum Gasteiger partial charge on any atom is 0.270 e. The molecule has 35 heavy (non-hydrogen) atoms. The van der Waals surface area contributed by atoms with Crippen LogP contribution >= 0.6 is 0 Å². The zero-order valence-corrected chi connectivity index (χ0v) is 20.5. The molecule has 1 aliphatic rings. The van der Waals surface area contributed by atoms with Crippen LogP contribution in [0.15, 0.2) is 47.6 Å². The molecule has 2 N–H and O–H groups in total. The van der Waals surface area contributed by atoms with Crippen molar-refractivity contribution in [2.75, 3.05) is 38.7 Å². The number of aromatic amines is 1. The number of amides is 1. The molecule has 9 nitrogen and oxygen atoms in total. The summed E-state index contributed by atoms with van der Waals surface area (Å²) in [7, 11) is 1.67. The van der Waals surface area contributed by atoms with Crippen LogP contribution in [-0.4, -0.2) is 71.5 Å². The van der Waals surface area contributed by atoms with Gasteiger partial charge in [0.05, 0.1) is 30.7 Å². The number of allylic oxidation sites excluding steroid dienone is 1. The second-order valence-corrected chi connectivity index (χ2v) is 8.29. The number of fused-ring (bicyclic) bond motifs is 1. The largest absolute Gasteiger partial charge is 0.382 e. The van der Waals surface area contributed by atoms with E-state index in [-0.39, 0.29) is 12.0 Å². The van der Waals surface area contributed by atoms with E-state index >= 15 is 0 Å². The Morgan fingerprint density at radius 2 is 2.06 bits per heavy atom. The Hall–Kier alpha value is -3.56. The molecule has 0 saturated carbocycles. The molecule has 0 spiro atoms. The van der Waals surface area contributed by atoms with E-state index in [1.807, 2.05) is 55.2 Å². The van der Waals surface area contributed by atoms with Crippen LogP contribution in [0.1, 0.15) is 42.9 Å². The van der Waals surface area contributed by atoms with Gasteiger partial charge in [-0.2, -0.15) is 0 Å². The van der Waals surface area contributed by atoms with Crippen LogP contribution in [0.5, 0.6) is 0 Å². The molecule has 2 aromatic heterocycles. The van der Waals surface area contributed by atoms with Gasteiger partial charge in [0.2, 0.25) is 5.95 Å². The van der Waals surface area contributed by atoms with Crippen LogP contribution in [0.3, 0.4) is 0 Å². The number of anilines is 2. The summed E-state index contributed by atoms with van der Waals surface area (Å²) in [5.41, 5.74) is 3.85. The summed E-state index contributed by atoms with van der Waals surface area (Å²) >= 11 is 0. The Labute approximate surface area is 205 Å². The highest BCUT2D eigenvalue weighted by molar-refractivity contribution is 5.98. The number of benzene rings is 1. The van der Waals surface area contributed by atoms with Gasteiger partial charge in [-0.15, -0.1) is 0 Å². The number of rotatable bonds is 9. The molecule has 0 aliphatic carbocycles. The van der Waals surface area contributed by atoms with E-state index in [2.05, 4.69) is 25.3 Å². The fourth-order valence-electron chi connectivity index (χ4n) is 4.14. The van der Waals surface area contributed by atoms with Crippen LogP contribution in [0.25, 0.3) is 16.6 Å². The third-order valence-corrected chi connectivity index (χ3v) is 5.94. The first-order valence-corrected chi connectivity index (χ1v) is 11.9. The molecule has 4 rings (SSSR count). The van der Waals surface area contributed by atoms with E-state index in [1.54, 1.807) is 19.5 Å². The van der Waals surface area contributed by atoms with Crippen molar-refractivity contribution in [3.63, 3.8) is 0 Å². The van der Waals surface area contributed by atoms with E-state index in [0.29, 0.717) is 37.9 Å². The van der Waals surface area contributed by atoms with Gasteiger partial charge in [-0.3, -0.25) is 9.79 Å². The maximum absolute atomic E-state index is 13.1. The number of aromatic nitrogens is 3. The minimum atomic E-state index is 0.0115. The lowest BCUT2D eigenvalue weighted by Crippen LogP contribution is -2.41. The van der Waals surface area contributed by atoms with Gasteiger partial charge in [-0.1, -0.05) is 6.08 Å². The second-order valence-electron chi connectivity index (χ2n) is 8.29. The fourth-order valence-corrected chi connectivity index (χ4v) is 4.14. The van der Waals surface area contributed by atoms with E-state index < -0.39 is 0 Å². The first-order chi connectivity index (χ1) is 17.1. The summed E-state index contributed by atoms with van der Waals surface area (Å²) in [5, 5.41) is 4.19. The van der Waals surface area contributed by atoms with Crippen molar-refractivity contribution in [1.82, 2.24) is 19.9 Å². The van der Waals surface area contributed by atoms with E-state index in [1.165, 1.54) is 0 Å². The number of carbonyl (C=O) groups is 1. The number of H-pyrrole nitrogens is 1. The highest BCUT2D eigenvalue weighted by atomic mass is 16.5. The summed E-state index contributed by atoms with van der Waals surface area (Å²) in [5.74, 6) is 0.493. The summed E-state index contributed by atoms with van der Waals surface area (Å²) < 4.78 is 10.8. The SMILES string of the molecule is CC=N/C(=C\C)c1ccnc(Nc2ccc3[nH]c(C(=O)N4CCC(OCCOC)CC4)cc3c2)n1. The first-order valence-electron chi connectivity index (χ1n) is 11.9. The van der Waals surface area contributed by atoms with Gasteiger partial charge in [0.1, 0.15) is 5.69 Å². The molecule has 0 bridgehead atoms. The van der Waals surface area contributed by atoms with Crippen LogP contribution in [0, 0.1) is 0 Å². The Kier molecular flexibility index (Phi) is 8.23. The van der Waals surface area contributed by atoms with Crippen molar-refractivity contribution in [2.24, 2.45) is 4.99 Å². The Balaban J connectivity index is 1.42. The number of ether oxygens (including phenoxy) is 2. The van der Waals surface area contributed by atoms with Crippen LogP contribution in [0.2, 0.25) is 0 Å². The predicted molar refractivity (Wildman–Crippen MR) is 138 cm³/mol. The monoisotopic (exact) mass is 476 g/mol. The maximum atomic E-state index is 13.1. The summed E-state index contributed by atoms with van der Waals surface area (Å²) in [6.45, 7) is 6.34. The fraction of sp³-hybridized carbons (Fsp3) is 0.385. The molecule has 9 heteroatoms. The van der Waals surface area contributed by atoms with Gasteiger partial charge >= 0.3 is 0 Å². The molecule has 0 atom stereocenters. The lowest BCUT2D eigenvalue weighted by atomic mass is 10.1. The molecule has 1 aliphatic heterocycles. The highest BCUT2D eigenvalue weighted by Gasteiger charge is 2.25. The second kappa shape index (κ2) is 11.7. The van der Waals surface area contributed by atoms with Gasteiger partial charge in [-0.05, 0) is 57.0 Å². The number of nitrogens with one attached hydrogen (secondary N) is 2. The number of hydrogen-bond donors (Lipinski definition) is 2. The molecule has 3 heterocycles. The number of carbonyl (C=O) groups excluding carboxylic acids is 1. The topological polar surface area (TPSA) is 105 Å². The van der Waals surface area contributed by atoms with Crippen LogP contribution < -0.4 is 5.32 Å². The van der Waals surface area contributed by atoms with E-state index in [0.717, 1.165) is 40.8 Å². The number of nitrogens with zero attached hydrogens (tertiary/aromatic N) is 4. The quantitative estimate of drug-likeness (QED) is 0.350. The third kappa shape index (κ3) is 6.12. The third-order valence-electron chi connectivity index (χ3n) is 5.94. The summed E-state index contributed by atoms with van der Waals surface area (Å²) in [4.78, 5) is 31.5. The lowest BCUT2D eigenvalue weighted by molar-refractivity contribution is -0.0123. The predicted octanol–water partition coefficient (Wildman–Crippen LogP) is 4.42. The molecule has 3 aromatic rings. The number of methoxy groups -OCH3 is 1. The minimum absolute atomic E-state index is 0.0115. The Bertz CT molecular complexity index is 1210. The number of piperidine rings is 1. The summed E-state index contributed by atoms with van der Waals surface area (Å²) in [6, 6.07) is 9.60. The lowest BCUT2D eigenvalue weighted by Gasteiger charge is -2.31. The van der Waals surface area contributed by atoms with Gasteiger partial charge < -0.3 is 24.7 Å². The van der Waals surface area contributed by atoms with Crippen molar-refractivity contribution < 1.29 is 14.3 Å². The molecule has 1 fully saturated rings. The number of hydrogen-bond acceptors (Lipinski definition) is 7. The standard InChI is InChI=1S/C26H32N6O3/c1-4-21(27-5-2)23-8-11-28-26(31-23)29-19-6-7-22-18(16-19)17-24(30-22)25(33)32-12-9-20(10-13-32)35-15-14-34-3/h4-8,11,16-17,20,30H,9-10,12-15H2,1-3H3,(H,28,29,31)/b21-4-,27-5?. The minimum Gasteiger partial charge on any atom is -0.382 e. The molecule has 0 radical (unpaired) electrons. The zero-order chi connectivity index (χ0) is 24.6. The first kappa shape index (κ1) is 24.6. The average Bonchev–Trinajstić information content (AvgIpc) is 3.31. The van der Waals surface area contributed by atoms with Gasteiger partial charge in [0, 0.05) is 49.2 Å². The summed E-state index contributed by atoms with van der Waals surface area (Å²) in [6.07, 6.45) is 7.21. The molecule has 1 aromatic carbocycles. The van der Waals surface area contributed by atoms with E-state index in [4.69, 9.17) is 9.47 Å². The van der Waals surface area contributed by atoms with Crippen molar-refractivity contribution in [3.8, 4) is 0 Å². The molecule has 0 unspecified atom stereocenters.